The fourth-order valence-electron chi connectivity index (χ4n) is 2.16. The van der Waals surface area contributed by atoms with Crippen molar-refractivity contribution < 1.29 is 13.2 Å². The molecular formula is C13H21N3O3S. The van der Waals surface area contributed by atoms with Gasteiger partial charge in [0.2, 0.25) is 15.9 Å². The number of carbonyl (C=O) groups is 1. The first-order valence-electron chi connectivity index (χ1n) is 6.22. The van der Waals surface area contributed by atoms with Gasteiger partial charge in [-0.15, -0.1) is 0 Å². The molecule has 1 rings (SSSR count). The molecule has 4 N–H and O–H groups in total. The smallest absolute Gasteiger partial charge is 0.241 e. The van der Waals surface area contributed by atoms with Crippen molar-refractivity contribution >= 4 is 21.6 Å². The van der Waals surface area contributed by atoms with Gasteiger partial charge in [0.25, 0.3) is 0 Å². The lowest BCUT2D eigenvalue weighted by atomic mass is 10.1. The van der Waals surface area contributed by atoms with E-state index in [1.807, 2.05) is 6.92 Å². The zero-order valence-electron chi connectivity index (χ0n) is 12.4. The number of carbonyl (C=O) groups excluding carboxylic acids is 1. The Morgan fingerprint density at radius 3 is 2.30 bits per heavy atom. The van der Waals surface area contributed by atoms with Gasteiger partial charge in [-0.2, -0.15) is 4.72 Å². The normalized spacial score (nSPS) is 13.1. The Balaban J connectivity index is 3.30. The van der Waals surface area contributed by atoms with Crippen LogP contribution in [-0.2, 0) is 14.8 Å². The number of likely N-dealkylation sites (N-methyl/N-ethyl adjacent to an activating group) is 1. The first-order valence-corrected chi connectivity index (χ1v) is 7.70. The van der Waals surface area contributed by atoms with Crippen molar-refractivity contribution in [1.82, 2.24) is 10.0 Å². The molecular weight excluding hydrogens is 278 g/mol. The van der Waals surface area contributed by atoms with Gasteiger partial charge in [-0.1, -0.05) is 6.07 Å². The summed E-state index contributed by atoms with van der Waals surface area (Å²) in [4.78, 5) is 11.6. The second-order valence-corrected chi connectivity index (χ2v) is 6.49. The van der Waals surface area contributed by atoms with Crippen LogP contribution in [0.5, 0.6) is 0 Å². The number of anilines is 1. The number of benzene rings is 1. The summed E-state index contributed by atoms with van der Waals surface area (Å²) in [5.41, 5.74) is 8.27. The summed E-state index contributed by atoms with van der Waals surface area (Å²) < 4.78 is 27.2. The molecule has 0 bridgehead atoms. The van der Waals surface area contributed by atoms with Gasteiger partial charge in [0.05, 0.1) is 10.9 Å². The molecule has 0 spiro atoms. The van der Waals surface area contributed by atoms with Gasteiger partial charge in [-0.25, -0.2) is 8.42 Å². The van der Waals surface area contributed by atoms with Crippen molar-refractivity contribution in [3.8, 4) is 0 Å². The van der Waals surface area contributed by atoms with Crippen LogP contribution in [0.2, 0.25) is 0 Å². The molecule has 0 aliphatic rings. The van der Waals surface area contributed by atoms with E-state index < -0.39 is 22.0 Å². The predicted molar refractivity (Wildman–Crippen MR) is 78.9 cm³/mol. The quantitative estimate of drug-likeness (QED) is 0.709. The van der Waals surface area contributed by atoms with Crippen LogP contribution in [-0.4, -0.2) is 27.4 Å². The zero-order valence-corrected chi connectivity index (χ0v) is 13.2. The van der Waals surface area contributed by atoms with E-state index in [9.17, 15) is 13.2 Å². The van der Waals surface area contributed by atoms with Gasteiger partial charge in [0.15, 0.2) is 0 Å². The van der Waals surface area contributed by atoms with Crippen molar-refractivity contribution in [2.75, 3.05) is 12.8 Å². The Labute approximate surface area is 119 Å². The second-order valence-electron chi connectivity index (χ2n) is 4.84. The molecule has 0 saturated heterocycles. The molecule has 6 nitrogen and oxygen atoms in total. The van der Waals surface area contributed by atoms with Crippen molar-refractivity contribution in [3.05, 3.63) is 22.8 Å². The topological polar surface area (TPSA) is 101 Å². The standard InChI is InChI=1S/C13H21N3O3S/c1-7-6-8(2)12(9(3)11(7)14)20(18,19)16-10(4)13(17)15-5/h6,10,16H,14H2,1-5H3,(H,15,17). The number of nitrogen functional groups attached to an aromatic ring is 1. The molecule has 0 heterocycles. The number of hydrogen-bond donors (Lipinski definition) is 3. The van der Waals surface area contributed by atoms with E-state index in [4.69, 9.17) is 5.73 Å². The lowest BCUT2D eigenvalue weighted by molar-refractivity contribution is -0.121. The summed E-state index contributed by atoms with van der Waals surface area (Å²) in [5, 5.41) is 2.40. The van der Waals surface area contributed by atoms with Crippen LogP contribution >= 0.6 is 0 Å². The summed E-state index contributed by atoms with van der Waals surface area (Å²) in [7, 11) is -2.35. The van der Waals surface area contributed by atoms with Gasteiger partial charge >= 0.3 is 0 Å². The van der Waals surface area contributed by atoms with Crippen LogP contribution in [0, 0.1) is 20.8 Å². The molecule has 0 saturated carbocycles. The molecule has 0 aliphatic heterocycles. The highest BCUT2D eigenvalue weighted by atomic mass is 32.2. The van der Waals surface area contributed by atoms with Gasteiger partial charge in [0.1, 0.15) is 0 Å². The minimum atomic E-state index is -3.81. The Kier molecular flexibility index (Phi) is 4.77. The van der Waals surface area contributed by atoms with E-state index >= 15 is 0 Å². The number of aryl methyl sites for hydroxylation is 2. The molecule has 1 unspecified atom stereocenters. The number of nitrogens with two attached hydrogens (primary N) is 1. The largest absolute Gasteiger partial charge is 0.398 e. The van der Waals surface area contributed by atoms with Crippen molar-refractivity contribution in [2.24, 2.45) is 0 Å². The maximum atomic E-state index is 12.4. The molecule has 112 valence electrons. The molecule has 1 aromatic rings. The molecule has 0 aromatic heterocycles. The van der Waals surface area contributed by atoms with Crippen LogP contribution in [0.25, 0.3) is 0 Å². The highest BCUT2D eigenvalue weighted by Crippen LogP contribution is 2.27. The summed E-state index contributed by atoms with van der Waals surface area (Å²) >= 11 is 0. The maximum Gasteiger partial charge on any atom is 0.241 e. The van der Waals surface area contributed by atoms with Crippen LogP contribution in [0.3, 0.4) is 0 Å². The number of amides is 1. The first-order chi connectivity index (χ1) is 9.11. The Hall–Kier alpha value is -1.60. The fraction of sp³-hybridized carbons (Fsp3) is 0.462. The van der Waals surface area contributed by atoms with Crippen molar-refractivity contribution in [1.29, 1.82) is 0 Å². The summed E-state index contributed by atoms with van der Waals surface area (Å²) in [5.74, 6) is -0.399. The van der Waals surface area contributed by atoms with Crippen LogP contribution in [0.1, 0.15) is 23.6 Å². The highest BCUT2D eigenvalue weighted by Gasteiger charge is 2.25. The van der Waals surface area contributed by atoms with Crippen molar-refractivity contribution in [2.45, 2.75) is 38.6 Å². The van der Waals surface area contributed by atoms with E-state index in [1.54, 1.807) is 19.9 Å². The fourth-order valence-corrected chi connectivity index (χ4v) is 3.84. The summed E-state index contributed by atoms with van der Waals surface area (Å²) in [6.45, 7) is 6.68. The van der Waals surface area contributed by atoms with E-state index in [0.29, 0.717) is 16.8 Å². The molecule has 0 fully saturated rings. The van der Waals surface area contributed by atoms with Gasteiger partial charge in [-0.05, 0) is 44.4 Å². The van der Waals surface area contributed by atoms with Gasteiger partial charge < -0.3 is 11.1 Å². The molecule has 7 heteroatoms. The minimum absolute atomic E-state index is 0.136. The molecule has 1 amide bonds. The lowest BCUT2D eigenvalue weighted by Crippen LogP contribution is -2.43. The third-order valence-electron chi connectivity index (χ3n) is 3.20. The van der Waals surface area contributed by atoms with Crippen LogP contribution in [0.15, 0.2) is 11.0 Å². The Bertz CT molecular complexity index is 639. The van der Waals surface area contributed by atoms with Gasteiger partial charge in [0, 0.05) is 12.7 Å². The minimum Gasteiger partial charge on any atom is -0.398 e. The second kappa shape index (κ2) is 5.80. The number of sulfonamides is 1. The molecule has 20 heavy (non-hydrogen) atoms. The Morgan fingerprint density at radius 1 is 1.25 bits per heavy atom. The lowest BCUT2D eigenvalue weighted by Gasteiger charge is -2.18. The monoisotopic (exact) mass is 299 g/mol. The number of hydrogen-bond acceptors (Lipinski definition) is 4. The summed E-state index contributed by atoms with van der Waals surface area (Å²) in [6, 6.07) is 0.868. The summed E-state index contributed by atoms with van der Waals surface area (Å²) in [6.07, 6.45) is 0. The van der Waals surface area contributed by atoms with E-state index in [2.05, 4.69) is 10.0 Å². The molecule has 0 radical (unpaired) electrons. The Morgan fingerprint density at radius 2 is 1.80 bits per heavy atom. The predicted octanol–water partition coefficient (Wildman–Crippen LogP) is 0.607. The molecule has 0 aliphatic carbocycles. The maximum absolute atomic E-state index is 12.4. The third-order valence-corrected chi connectivity index (χ3v) is 5.03. The van der Waals surface area contributed by atoms with Crippen molar-refractivity contribution in [3.63, 3.8) is 0 Å². The van der Waals surface area contributed by atoms with E-state index in [0.717, 1.165) is 5.56 Å². The van der Waals surface area contributed by atoms with E-state index in [-0.39, 0.29) is 4.90 Å². The molecule has 1 aromatic carbocycles. The SMILES string of the molecule is CNC(=O)C(C)NS(=O)(=O)c1c(C)cc(C)c(N)c1C. The van der Waals surface area contributed by atoms with Crippen LogP contribution < -0.4 is 15.8 Å². The van der Waals surface area contributed by atoms with Crippen LogP contribution in [0.4, 0.5) is 5.69 Å². The number of rotatable bonds is 4. The zero-order chi connectivity index (χ0) is 15.7. The average Bonchev–Trinajstić information content (AvgIpc) is 2.33. The average molecular weight is 299 g/mol. The third kappa shape index (κ3) is 3.10. The first kappa shape index (κ1) is 16.5. The van der Waals surface area contributed by atoms with E-state index in [1.165, 1.54) is 14.0 Å². The molecule has 1 atom stereocenters. The number of nitrogens with one attached hydrogen (secondary N) is 2. The highest BCUT2D eigenvalue weighted by molar-refractivity contribution is 7.89. The van der Waals surface area contributed by atoms with Gasteiger partial charge in [-0.3, -0.25) is 4.79 Å².